The second-order valence-corrected chi connectivity index (χ2v) is 6.82. The van der Waals surface area contributed by atoms with E-state index >= 15 is 0 Å². The van der Waals surface area contributed by atoms with Crippen molar-refractivity contribution in [2.45, 2.75) is 17.9 Å². The van der Waals surface area contributed by atoms with Gasteiger partial charge in [-0.05, 0) is 23.8 Å². The molecule has 2 aromatic rings. The fraction of sp³-hybridized carbons (Fsp3) is 0.211. The molecule has 0 bridgehead atoms. The van der Waals surface area contributed by atoms with Crippen LogP contribution in [0.2, 0.25) is 0 Å². The first-order chi connectivity index (χ1) is 12.6. The number of benzene rings is 2. The summed E-state index contributed by atoms with van der Waals surface area (Å²) in [6, 6.07) is 14.4. The van der Waals surface area contributed by atoms with Gasteiger partial charge < -0.3 is 15.4 Å². The Morgan fingerprint density at radius 1 is 1.15 bits per heavy atom. The minimum Gasteiger partial charge on any atom is -0.460 e. The predicted molar refractivity (Wildman–Crippen MR) is 99.0 cm³/mol. The lowest BCUT2D eigenvalue weighted by Gasteiger charge is -2.10. The van der Waals surface area contributed by atoms with Gasteiger partial charge in [-0.2, -0.15) is 0 Å². The largest absolute Gasteiger partial charge is 0.460 e. The van der Waals surface area contributed by atoms with Gasteiger partial charge in [-0.15, -0.1) is 11.8 Å². The van der Waals surface area contributed by atoms with Crippen LogP contribution in [-0.2, 0) is 20.9 Å². The number of esters is 1. The molecule has 26 heavy (non-hydrogen) atoms. The molecule has 3 rings (SSSR count). The topological polar surface area (TPSA) is 84.5 Å². The molecule has 1 aliphatic rings. The summed E-state index contributed by atoms with van der Waals surface area (Å²) >= 11 is 1.57. The highest BCUT2D eigenvalue weighted by Gasteiger charge is 2.16. The minimum atomic E-state index is -0.513. The van der Waals surface area contributed by atoms with E-state index in [9.17, 15) is 14.4 Å². The van der Waals surface area contributed by atoms with E-state index < -0.39 is 11.9 Å². The van der Waals surface area contributed by atoms with Gasteiger partial charge in [0.25, 0.3) is 5.91 Å². The van der Waals surface area contributed by atoms with Crippen LogP contribution in [-0.4, -0.2) is 30.1 Å². The van der Waals surface area contributed by atoms with Crippen LogP contribution in [0.15, 0.2) is 53.4 Å². The second-order valence-electron chi connectivity index (χ2n) is 5.69. The zero-order valence-corrected chi connectivity index (χ0v) is 14.8. The molecule has 2 amide bonds. The summed E-state index contributed by atoms with van der Waals surface area (Å²) in [5.74, 6) is -0.274. The fourth-order valence-electron chi connectivity index (χ4n) is 2.40. The average molecular weight is 370 g/mol. The first-order valence-electron chi connectivity index (χ1n) is 8.16. The van der Waals surface area contributed by atoms with E-state index in [1.54, 1.807) is 30.0 Å². The van der Waals surface area contributed by atoms with Crippen molar-refractivity contribution in [1.29, 1.82) is 0 Å². The highest BCUT2D eigenvalue weighted by Crippen LogP contribution is 2.31. The summed E-state index contributed by atoms with van der Waals surface area (Å²) in [5.41, 5.74) is 1.88. The van der Waals surface area contributed by atoms with Gasteiger partial charge in [-0.3, -0.25) is 14.4 Å². The number of ether oxygens (including phenoxy) is 1. The molecule has 0 saturated heterocycles. The highest BCUT2D eigenvalue weighted by atomic mass is 32.2. The second kappa shape index (κ2) is 8.53. The van der Waals surface area contributed by atoms with Gasteiger partial charge in [-0.25, -0.2) is 0 Å². The molecule has 0 spiro atoms. The molecule has 7 heteroatoms. The molecule has 1 aliphatic heterocycles. The first kappa shape index (κ1) is 18.0. The number of hydrogen-bond donors (Lipinski definition) is 2. The van der Waals surface area contributed by atoms with Crippen LogP contribution in [0, 0.1) is 0 Å². The summed E-state index contributed by atoms with van der Waals surface area (Å²) in [6.45, 7) is -0.0541. The number of carbonyl (C=O) groups is 3. The molecular weight excluding hydrogens is 352 g/mol. The Labute approximate surface area is 155 Å². The van der Waals surface area contributed by atoms with E-state index in [-0.39, 0.29) is 19.1 Å². The molecule has 134 valence electrons. The van der Waals surface area contributed by atoms with Crippen molar-refractivity contribution >= 4 is 35.2 Å². The summed E-state index contributed by atoms with van der Waals surface area (Å²) in [4.78, 5) is 36.6. The zero-order valence-electron chi connectivity index (χ0n) is 14.0. The van der Waals surface area contributed by atoms with Crippen LogP contribution in [0.5, 0.6) is 0 Å². The Kier molecular flexibility index (Phi) is 5.91. The summed E-state index contributed by atoms with van der Waals surface area (Å²) in [5, 5.41) is 5.33. The molecule has 0 aromatic heterocycles. The number of amides is 2. The van der Waals surface area contributed by atoms with E-state index in [1.165, 1.54) is 0 Å². The summed E-state index contributed by atoms with van der Waals surface area (Å²) in [7, 11) is 0. The van der Waals surface area contributed by atoms with Gasteiger partial charge in [0.15, 0.2) is 0 Å². The SMILES string of the molecule is O=C1CCSc2ccc(C(=O)NCC(=O)OCc3ccccc3)cc2N1. The first-order valence-corrected chi connectivity index (χ1v) is 9.15. The molecular formula is C19H18N2O4S. The van der Waals surface area contributed by atoms with Crippen LogP contribution in [0.4, 0.5) is 5.69 Å². The Hall–Kier alpha value is -2.80. The quantitative estimate of drug-likeness (QED) is 0.791. The zero-order chi connectivity index (χ0) is 18.4. The molecule has 0 radical (unpaired) electrons. The maximum atomic E-state index is 12.2. The van der Waals surface area contributed by atoms with Gasteiger partial charge >= 0.3 is 5.97 Å². The van der Waals surface area contributed by atoms with Crippen LogP contribution >= 0.6 is 11.8 Å². The number of fused-ring (bicyclic) bond motifs is 1. The summed E-state index contributed by atoms with van der Waals surface area (Å²) in [6.07, 6.45) is 0.439. The third kappa shape index (κ3) is 4.86. The number of hydrogen-bond acceptors (Lipinski definition) is 5. The van der Waals surface area contributed by atoms with E-state index in [1.807, 2.05) is 30.3 Å². The Morgan fingerprint density at radius 2 is 1.96 bits per heavy atom. The number of anilines is 1. The lowest BCUT2D eigenvalue weighted by molar-refractivity contribution is -0.143. The predicted octanol–water partition coefficient (Wildman–Crippen LogP) is 2.59. The van der Waals surface area contributed by atoms with E-state index in [0.29, 0.717) is 23.4 Å². The van der Waals surface area contributed by atoms with Gasteiger partial charge in [0.05, 0.1) is 5.69 Å². The lowest BCUT2D eigenvalue weighted by atomic mass is 10.2. The van der Waals surface area contributed by atoms with E-state index in [0.717, 1.165) is 10.5 Å². The molecule has 2 aromatic carbocycles. The van der Waals surface area contributed by atoms with Crippen molar-refractivity contribution in [3.8, 4) is 0 Å². The number of nitrogens with one attached hydrogen (secondary N) is 2. The molecule has 2 N–H and O–H groups in total. The van der Waals surface area contributed by atoms with Crippen molar-refractivity contribution in [1.82, 2.24) is 5.32 Å². The molecule has 0 fully saturated rings. The third-order valence-electron chi connectivity index (χ3n) is 3.74. The maximum absolute atomic E-state index is 12.2. The lowest BCUT2D eigenvalue weighted by Crippen LogP contribution is -2.30. The fourth-order valence-corrected chi connectivity index (χ4v) is 3.34. The van der Waals surface area contributed by atoms with E-state index in [2.05, 4.69) is 10.6 Å². The van der Waals surface area contributed by atoms with Crippen molar-refractivity contribution in [3.05, 3.63) is 59.7 Å². The van der Waals surface area contributed by atoms with E-state index in [4.69, 9.17) is 4.74 Å². The molecule has 0 aliphatic carbocycles. The Balaban J connectivity index is 1.53. The Bertz CT molecular complexity index is 824. The van der Waals surface area contributed by atoms with Gasteiger partial charge in [-0.1, -0.05) is 30.3 Å². The van der Waals surface area contributed by atoms with Crippen molar-refractivity contribution in [2.24, 2.45) is 0 Å². The van der Waals surface area contributed by atoms with Crippen LogP contribution in [0.25, 0.3) is 0 Å². The van der Waals surface area contributed by atoms with Crippen molar-refractivity contribution in [3.63, 3.8) is 0 Å². The molecule has 0 saturated carbocycles. The molecule has 0 atom stereocenters. The smallest absolute Gasteiger partial charge is 0.325 e. The molecule has 1 heterocycles. The average Bonchev–Trinajstić information content (AvgIpc) is 2.85. The van der Waals surface area contributed by atoms with Crippen molar-refractivity contribution < 1.29 is 19.1 Å². The monoisotopic (exact) mass is 370 g/mol. The standard InChI is InChI=1S/C19H18N2O4S/c22-17-8-9-26-16-7-6-14(10-15(16)21-17)19(24)20-11-18(23)25-12-13-4-2-1-3-5-13/h1-7,10H,8-9,11-12H2,(H,20,24)(H,21,22). The number of rotatable bonds is 5. The number of thioether (sulfide) groups is 1. The van der Waals surface area contributed by atoms with Crippen LogP contribution in [0.3, 0.4) is 0 Å². The third-order valence-corrected chi connectivity index (χ3v) is 4.81. The van der Waals surface area contributed by atoms with Crippen molar-refractivity contribution in [2.75, 3.05) is 17.6 Å². The van der Waals surface area contributed by atoms with Gasteiger partial charge in [0.2, 0.25) is 5.91 Å². The van der Waals surface area contributed by atoms with Gasteiger partial charge in [0, 0.05) is 22.6 Å². The van der Waals surface area contributed by atoms with Crippen LogP contribution < -0.4 is 10.6 Å². The molecule has 0 unspecified atom stereocenters. The Morgan fingerprint density at radius 3 is 2.77 bits per heavy atom. The normalized spacial score (nSPS) is 13.2. The van der Waals surface area contributed by atoms with Gasteiger partial charge in [0.1, 0.15) is 13.2 Å². The minimum absolute atomic E-state index is 0.0710. The molecule has 6 nitrogen and oxygen atoms in total. The number of carbonyl (C=O) groups excluding carboxylic acids is 3. The van der Waals surface area contributed by atoms with Crippen LogP contribution in [0.1, 0.15) is 22.3 Å². The maximum Gasteiger partial charge on any atom is 0.325 e. The summed E-state index contributed by atoms with van der Waals surface area (Å²) < 4.78 is 5.12. The highest BCUT2D eigenvalue weighted by molar-refractivity contribution is 7.99.